The second kappa shape index (κ2) is 15.3. The van der Waals surface area contributed by atoms with Crippen molar-refractivity contribution in [2.75, 3.05) is 23.0 Å². The fourth-order valence-corrected chi connectivity index (χ4v) is 7.20. The molecule has 14 heteroatoms. The minimum atomic E-state index is -4.51. The summed E-state index contributed by atoms with van der Waals surface area (Å²) in [4.78, 5) is 25.0. The Morgan fingerprint density at radius 1 is 0.878 bits per heavy atom. The largest absolute Gasteiger partial charge is 1.00 e. The van der Waals surface area contributed by atoms with Crippen molar-refractivity contribution in [2.24, 2.45) is 0 Å². The van der Waals surface area contributed by atoms with E-state index >= 15 is 0 Å². The third-order valence-corrected chi connectivity index (χ3v) is 10.2. The summed E-state index contributed by atoms with van der Waals surface area (Å²) in [6.45, 7) is 9.38. The summed E-state index contributed by atoms with van der Waals surface area (Å²) in [5.41, 5.74) is 4.61. The average Bonchev–Trinajstić information content (AvgIpc) is 3.32. The van der Waals surface area contributed by atoms with Crippen LogP contribution in [0.4, 0.5) is 5.69 Å². The van der Waals surface area contributed by atoms with E-state index in [-0.39, 0.29) is 75.5 Å². The van der Waals surface area contributed by atoms with Crippen molar-refractivity contribution in [3.63, 3.8) is 0 Å². The number of fused-ring (bicyclic) bond motifs is 2. The Morgan fingerprint density at radius 3 is 2.04 bits per heavy atom. The third kappa shape index (κ3) is 9.37. The number of aromatic carboxylic acids is 2. The molecule has 11 nitrogen and oxygen atoms in total. The van der Waals surface area contributed by atoms with Crippen molar-refractivity contribution < 1.29 is 97.1 Å². The van der Waals surface area contributed by atoms with Gasteiger partial charge in [0.05, 0.1) is 32.8 Å². The molecular weight excluding hydrogens is 698 g/mol. The maximum Gasteiger partial charge on any atom is 1.00 e. The Hall–Kier alpha value is -2.66. The van der Waals surface area contributed by atoms with Crippen molar-refractivity contribution in [3.8, 4) is 0 Å². The van der Waals surface area contributed by atoms with Gasteiger partial charge in [-0.2, -0.15) is 8.42 Å². The van der Waals surface area contributed by atoms with Crippen molar-refractivity contribution in [3.05, 3.63) is 118 Å². The Balaban J connectivity index is 0.00000650. The third-order valence-electron chi connectivity index (χ3n) is 8.81. The molecule has 0 fully saturated rings. The Kier molecular flexibility index (Phi) is 12.7. The molecule has 0 spiro atoms. The van der Waals surface area contributed by atoms with E-state index in [0.29, 0.717) is 22.5 Å². The topological polar surface area (TPSA) is 189 Å². The quantitative estimate of drug-likeness (QED) is 0.165. The van der Waals surface area contributed by atoms with Gasteiger partial charge in [0, 0.05) is 28.8 Å². The summed E-state index contributed by atoms with van der Waals surface area (Å²) in [5, 5.41) is 19.0. The van der Waals surface area contributed by atoms with Crippen LogP contribution < -0.4 is 56.3 Å². The van der Waals surface area contributed by atoms with Gasteiger partial charge in [0.25, 0.3) is 10.1 Å². The van der Waals surface area contributed by atoms with Gasteiger partial charge in [-0.15, -0.1) is 0 Å². The van der Waals surface area contributed by atoms with Gasteiger partial charge in [0.1, 0.15) is 0 Å². The van der Waals surface area contributed by atoms with Crippen LogP contribution in [0.2, 0.25) is 0 Å². The minimum Gasteiger partial charge on any atom is -0.748 e. The number of benzene rings is 2. The minimum absolute atomic E-state index is 0. The van der Waals surface area contributed by atoms with E-state index in [4.69, 9.17) is 0 Å². The number of hydrogen-bond acceptors (Lipinski definition) is 8. The van der Waals surface area contributed by atoms with Gasteiger partial charge >= 0.3 is 63.3 Å². The molecule has 1 aliphatic heterocycles. The van der Waals surface area contributed by atoms with E-state index < -0.39 is 54.5 Å². The van der Waals surface area contributed by atoms with E-state index in [2.05, 4.69) is 0 Å². The Bertz CT molecular complexity index is 2050. The van der Waals surface area contributed by atoms with Crippen molar-refractivity contribution in [1.29, 1.82) is 0 Å². The number of rotatable bonds is 12. The summed E-state index contributed by atoms with van der Waals surface area (Å²) in [5.74, 6) is -3.29. The zero-order valence-electron chi connectivity index (χ0n) is 28.2. The van der Waals surface area contributed by atoms with E-state index in [1.165, 1.54) is 12.1 Å². The molecule has 0 unspecified atom stereocenters. The molecule has 2 aromatic carbocycles. The van der Waals surface area contributed by atoms with Gasteiger partial charge in [0.15, 0.2) is 0 Å². The van der Waals surface area contributed by atoms with Crippen LogP contribution >= 0.6 is 0 Å². The van der Waals surface area contributed by atoms with E-state index in [9.17, 15) is 45.7 Å². The maximum absolute atomic E-state index is 11.7. The predicted molar refractivity (Wildman–Crippen MR) is 183 cm³/mol. The predicted octanol–water partition coefficient (Wildman–Crippen LogP) is 2.70. The van der Waals surface area contributed by atoms with Crippen molar-refractivity contribution in [1.82, 2.24) is 0 Å². The van der Waals surface area contributed by atoms with E-state index in [1.807, 2.05) is 52.8 Å². The van der Waals surface area contributed by atoms with Gasteiger partial charge in [-0.3, -0.25) is 4.55 Å². The SMILES string of the molecule is CC(C=C/C=C1/N(CCS(=O)(=O)[O-])c2ccc(C(=O)O)cc2C1(C)C)=CC=CC1=C(CCS(=O)(=O)O)c2ccc(C(=O)O)cc2C1(C)C.[K+]. The normalized spacial score (nSPS) is 17.9. The zero-order chi connectivity index (χ0) is 35.8. The molecule has 0 amide bonds. The molecule has 4 rings (SSSR count). The van der Waals surface area contributed by atoms with Crippen LogP contribution in [0.25, 0.3) is 5.57 Å². The molecule has 2 aromatic rings. The molecule has 2 aliphatic rings. The van der Waals surface area contributed by atoms with E-state index in [0.717, 1.165) is 22.3 Å². The number of anilines is 1. The number of hydrogen-bond donors (Lipinski definition) is 3. The molecule has 0 bridgehead atoms. The van der Waals surface area contributed by atoms with Crippen molar-refractivity contribution >= 4 is 43.4 Å². The summed E-state index contributed by atoms with van der Waals surface area (Å²) < 4.78 is 67.1. The molecule has 0 aromatic heterocycles. The van der Waals surface area contributed by atoms with Crippen LogP contribution in [0, 0.1) is 0 Å². The second-order valence-corrected chi connectivity index (χ2v) is 16.0. The van der Waals surface area contributed by atoms with Crippen LogP contribution in [0.5, 0.6) is 0 Å². The first-order valence-corrected chi connectivity index (χ1v) is 18.2. The van der Waals surface area contributed by atoms with Crippen LogP contribution in [0.3, 0.4) is 0 Å². The monoisotopic (exact) mass is 735 g/mol. The summed E-state index contributed by atoms with van der Waals surface area (Å²) in [7, 11) is -8.76. The molecule has 1 heterocycles. The molecule has 256 valence electrons. The number of carbonyl (C=O) groups is 2. The fraction of sp³-hybridized carbons (Fsp3) is 0.314. The molecule has 0 saturated heterocycles. The van der Waals surface area contributed by atoms with Crippen molar-refractivity contribution in [2.45, 2.75) is 51.9 Å². The summed E-state index contributed by atoms with van der Waals surface area (Å²) in [6.07, 6.45) is 10.9. The number of allylic oxidation sites excluding steroid dienone is 10. The molecule has 49 heavy (non-hydrogen) atoms. The first kappa shape index (κ1) is 40.8. The summed E-state index contributed by atoms with van der Waals surface area (Å²) in [6, 6.07) is 9.33. The molecule has 0 saturated carbocycles. The van der Waals surface area contributed by atoms with Gasteiger partial charge in [-0.25, -0.2) is 18.0 Å². The van der Waals surface area contributed by atoms with Gasteiger partial charge in [-0.05, 0) is 77.6 Å². The first-order chi connectivity index (χ1) is 22.1. The summed E-state index contributed by atoms with van der Waals surface area (Å²) >= 11 is 0. The van der Waals surface area contributed by atoms with Crippen LogP contribution in [-0.2, 0) is 31.1 Å². The number of nitrogens with zero attached hydrogens (tertiary/aromatic N) is 1. The Labute approximate surface area is 329 Å². The van der Waals surface area contributed by atoms with Gasteiger partial charge in [-0.1, -0.05) is 69.7 Å². The molecular formula is C35H38KNO10S2. The number of carboxylic acid groups (broad SMARTS) is 2. The molecule has 3 N–H and O–H groups in total. The average molecular weight is 736 g/mol. The Morgan fingerprint density at radius 2 is 1.47 bits per heavy atom. The zero-order valence-corrected chi connectivity index (χ0v) is 33.0. The molecule has 1 aliphatic carbocycles. The van der Waals surface area contributed by atoms with Gasteiger partial charge < -0.3 is 19.7 Å². The standard InChI is InChI=1S/C35H39NO10S2.K/c1-22(8-6-10-27-26(16-18-47(41,42)43)25-14-12-23(32(37)38)20-28(25)34(27,2)3)9-7-11-31-35(4,5)29-21-24(33(39)40)13-15-30(29)36(31)17-19-48(44,45)46;/h6-15,20-21H,16-19H2,1-5H3,(H,37,38)(H,39,40)(H,41,42,43)(H,44,45,46);/q;+1/p-1/b9-7?,10-6?,22-8?,31-11+;. The molecule has 0 radical (unpaired) electrons. The van der Waals surface area contributed by atoms with Crippen LogP contribution in [0.1, 0.15) is 78.4 Å². The number of carboxylic acids is 2. The van der Waals surface area contributed by atoms with Crippen LogP contribution in [-0.4, -0.2) is 66.1 Å². The second-order valence-electron chi connectivity index (χ2n) is 12.9. The maximum atomic E-state index is 11.7. The van der Waals surface area contributed by atoms with E-state index in [1.54, 1.807) is 47.4 Å². The molecule has 0 atom stereocenters. The smallest absolute Gasteiger partial charge is 0.748 e. The van der Waals surface area contributed by atoms with Gasteiger partial charge in [0.2, 0.25) is 0 Å². The first-order valence-electron chi connectivity index (χ1n) is 15.0. The fourth-order valence-electron chi connectivity index (χ4n) is 6.33. The van der Waals surface area contributed by atoms with Crippen LogP contribution in [0.15, 0.2) is 89.7 Å².